The molecule has 1 heterocycles. The number of aromatic nitrogens is 2. The molecule has 1 N–H and O–H groups in total. The van der Waals surface area contributed by atoms with Gasteiger partial charge >= 0.3 is 5.97 Å². The Labute approximate surface area is 154 Å². The Bertz CT molecular complexity index is 887. The summed E-state index contributed by atoms with van der Waals surface area (Å²) in [6.45, 7) is 1.46. The lowest BCUT2D eigenvalue weighted by molar-refractivity contribution is -0.144. The third kappa shape index (κ3) is 4.71. The van der Waals surface area contributed by atoms with Gasteiger partial charge in [-0.25, -0.2) is 14.8 Å². The zero-order chi connectivity index (χ0) is 17.1. The zero-order valence-corrected chi connectivity index (χ0v) is 14.6. The maximum absolute atomic E-state index is 10.8. The highest BCUT2D eigenvalue weighted by molar-refractivity contribution is 6.31. The van der Waals surface area contributed by atoms with Crippen LogP contribution in [-0.4, -0.2) is 27.1 Å². The Hall–Kier alpha value is -2.57. The van der Waals surface area contributed by atoms with Gasteiger partial charge in [-0.15, -0.1) is 12.4 Å². The summed E-state index contributed by atoms with van der Waals surface area (Å²) in [5.41, 5.74) is 1.35. The second-order valence-corrected chi connectivity index (χ2v) is 5.45. The fourth-order valence-electron chi connectivity index (χ4n) is 1.98. The van der Waals surface area contributed by atoms with Gasteiger partial charge in [-0.2, -0.15) is 0 Å². The Kier molecular flexibility index (Phi) is 6.01. The maximum atomic E-state index is 10.8. The molecule has 0 spiro atoms. The molecule has 3 aromatic rings. The van der Waals surface area contributed by atoms with E-state index in [-0.39, 0.29) is 12.4 Å². The van der Waals surface area contributed by atoms with Crippen LogP contribution in [0, 0.1) is 0 Å². The first-order chi connectivity index (χ1) is 11.5. The van der Waals surface area contributed by atoms with Crippen LogP contribution < -0.4 is 9.47 Å². The van der Waals surface area contributed by atoms with E-state index in [1.54, 1.807) is 42.5 Å². The van der Waals surface area contributed by atoms with Crippen molar-refractivity contribution in [3.8, 4) is 17.4 Å². The number of halogens is 2. The van der Waals surface area contributed by atoms with E-state index in [4.69, 9.17) is 26.2 Å². The minimum absolute atomic E-state index is 0. The number of hydrogen-bond donors (Lipinski definition) is 1. The van der Waals surface area contributed by atoms with Crippen molar-refractivity contribution in [2.45, 2.75) is 13.0 Å². The van der Waals surface area contributed by atoms with E-state index in [2.05, 4.69) is 9.97 Å². The molecule has 130 valence electrons. The third-order valence-electron chi connectivity index (χ3n) is 3.19. The molecule has 0 amide bonds. The van der Waals surface area contributed by atoms with Gasteiger partial charge in [-0.3, -0.25) is 0 Å². The normalized spacial score (nSPS) is 11.4. The van der Waals surface area contributed by atoms with Crippen molar-refractivity contribution < 1.29 is 19.4 Å². The molecule has 0 bridgehead atoms. The zero-order valence-electron chi connectivity index (χ0n) is 13.0. The van der Waals surface area contributed by atoms with Gasteiger partial charge in [0.1, 0.15) is 11.5 Å². The van der Waals surface area contributed by atoms with Gasteiger partial charge in [0.15, 0.2) is 6.10 Å². The average Bonchev–Trinajstić information content (AvgIpc) is 2.56. The third-order valence-corrected chi connectivity index (χ3v) is 3.42. The van der Waals surface area contributed by atoms with Crippen molar-refractivity contribution in [1.82, 2.24) is 9.97 Å². The molecule has 1 aromatic heterocycles. The molecule has 0 aliphatic rings. The highest BCUT2D eigenvalue weighted by Crippen LogP contribution is 2.24. The molecule has 0 saturated carbocycles. The number of carboxylic acid groups (broad SMARTS) is 1. The fraction of sp³-hybridized carbons (Fsp3) is 0.118. The first-order valence-electron chi connectivity index (χ1n) is 7.11. The van der Waals surface area contributed by atoms with Crippen molar-refractivity contribution >= 4 is 41.0 Å². The number of benzene rings is 2. The van der Waals surface area contributed by atoms with E-state index < -0.39 is 12.1 Å². The molecule has 2 aromatic carbocycles. The number of carbonyl (C=O) groups is 1. The molecule has 3 rings (SSSR count). The van der Waals surface area contributed by atoms with Crippen molar-refractivity contribution in [3.63, 3.8) is 0 Å². The molecule has 0 radical (unpaired) electrons. The number of hydrogen-bond acceptors (Lipinski definition) is 5. The standard InChI is InChI=1S/C17H13ClN2O4.ClH/c1-10(17(21)22)23-12-3-5-13(6-4-12)24-16-9-19-15-8-11(18)2-7-14(15)20-16;/h2-10H,1H3,(H,21,22);1H. The number of ether oxygens (including phenoxy) is 2. The van der Waals surface area contributed by atoms with Crippen LogP contribution in [0.5, 0.6) is 17.4 Å². The largest absolute Gasteiger partial charge is 0.479 e. The highest BCUT2D eigenvalue weighted by atomic mass is 35.5. The van der Waals surface area contributed by atoms with E-state index in [0.29, 0.717) is 33.4 Å². The van der Waals surface area contributed by atoms with Crippen LogP contribution in [0.3, 0.4) is 0 Å². The maximum Gasteiger partial charge on any atom is 0.344 e. The number of nitrogens with zero attached hydrogens (tertiary/aromatic N) is 2. The molecule has 25 heavy (non-hydrogen) atoms. The van der Waals surface area contributed by atoms with Gasteiger partial charge in [0.2, 0.25) is 5.88 Å². The Morgan fingerprint density at radius 3 is 2.48 bits per heavy atom. The van der Waals surface area contributed by atoms with Crippen molar-refractivity contribution in [1.29, 1.82) is 0 Å². The summed E-state index contributed by atoms with van der Waals surface area (Å²) >= 11 is 5.91. The van der Waals surface area contributed by atoms with Gasteiger partial charge in [0.25, 0.3) is 0 Å². The summed E-state index contributed by atoms with van der Waals surface area (Å²) < 4.78 is 10.9. The van der Waals surface area contributed by atoms with Gasteiger partial charge < -0.3 is 14.6 Å². The van der Waals surface area contributed by atoms with Crippen LogP contribution in [0.4, 0.5) is 0 Å². The number of carboxylic acids is 1. The van der Waals surface area contributed by atoms with E-state index >= 15 is 0 Å². The SMILES string of the molecule is CC(Oc1ccc(Oc2cnc3cc(Cl)ccc3n2)cc1)C(=O)O.Cl. The minimum atomic E-state index is -1.03. The summed E-state index contributed by atoms with van der Waals surface area (Å²) in [4.78, 5) is 19.4. The van der Waals surface area contributed by atoms with Gasteiger partial charge in [-0.05, 0) is 49.4 Å². The van der Waals surface area contributed by atoms with Crippen molar-refractivity contribution in [2.24, 2.45) is 0 Å². The summed E-state index contributed by atoms with van der Waals surface area (Å²) in [6, 6.07) is 11.8. The van der Waals surface area contributed by atoms with Crippen LogP contribution in [0.15, 0.2) is 48.7 Å². The Balaban J connectivity index is 0.00000225. The molecule has 6 nitrogen and oxygen atoms in total. The van der Waals surface area contributed by atoms with Gasteiger partial charge in [0.05, 0.1) is 17.2 Å². The quantitative estimate of drug-likeness (QED) is 0.708. The van der Waals surface area contributed by atoms with Gasteiger partial charge in [0, 0.05) is 5.02 Å². The van der Waals surface area contributed by atoms with E-state index in [0.717, 1.165) is 0 Å². The van der Waals surface area contributed by atoms with E-state index in [9.17, 15) is 4.79 Å². The smallest absolute Gasteiger partial charge is 0.344 e. The second-order valence-electron chi connectivity index (χ2n) is 5.01. The summed E-state index contributed by atoms with van der Waals surface area (Å²) in [5.74, 6) is 0.295. The van der Waals surface area contributed by atoms with Crippen LogP contribution in [-0.2, 0) is 4.79 Å². The topological polar surface area (TPSA) is 81.5 Å². The van der Waals surface area contributed by atoms with E-state index in [1.165, 1.54) is 13.1 Å². The summed E-state index contributed by atoms with van der Waals surface area (Å²) in [7, 11) is 0. The highest BCUT2D eigenvalue weighted by Gasteiger charge is 2.12. The van der Waals surface area contributed by atoms with Crippen molar-refractivity contribution in [3.05, 3.63) is 53.7 Å². The van der Waals surface area contributed by atoms with Crippen LogP contribution in [0.1, 0.15) is 6.92 Å². The Morgan fingerprint density at radius 2 is 1.80 bits per heavy atom. The molecule has 0 fully saturated rings. The fourth-order valence-corrected chi connectivity index (χ4v) is 2.14. The van der Waals surface area contributed by atoms with Crippen LogP contribution in [0.2, 0.25) is 5.02 Å². The van der Waals surface area contributed by atoms with Crippen molar-refractivity contribution in [2.75, 3.05) is 0 Å². The lowest BCUT2D eigenvalue weighted by Crippen LogP contribution is -2.22. The lowest BCUT2D eigenvalue weighted by atomic mass is 10.3. The van der Waals surface area contributed by atoms with Gasteiger partial charge in [-0.1, -0.05) is 11.6 Å². The second kappa shape index (κ2) is 8.00. The molecule has 1 unspecified atom stereocenters. The Morgan fingerprint density at radius 1 is 1.12 bits per heavy atom. The predicted octanol–water partition coefficient (Wildman–Crippen LogP) is 4.35. The number of fused-ring (bicyclic) bond motifs is 1. The molecule has 8 heteroatoms. The molecule has 1 atom stereocenters. The van der Waals surface area contributed by atoms with E-state index in [1.807, 2.05) is 0 Å². The summed E-state index contributed by atoms with van der Waals surface area (Å²) in [6.07, 6.45) is 0.588. The molecular formula is C17H14Cl2N2O4. The monoisotopic (exact) mass is 380 g/mol. The molecular weight excluding hydrogens is 367 g/mol. The average molecular weight is 381 g/mol. The minimum Gasteiger partial charge on any atom is -0.479 e. The summed E-state index contributed by atoms with van der Waals surface area (Å²) in [5, 5.41) is 9.42. The van der Waals surface area contributed by atoms with Crippen LogP contribution >= 0.6 is 24.0 Å². The van der Waals surface area contributed by atoms with Crippen LogP contribution in [0.25, 0.3) is 11.0 Å². The molecule has 0 saturated heterocycles. The number of aliphatic carboxylic acids is 1. The molecule has 0 aliphatic carbocycles. The first kappa shape index (κ1) is 18.8. The lowest BCUT2D eigenvalue weighted by Gasteiger charge is -2.11. The predicted molar refractivity (Wildman–Crippen MR) is 96.0 cm³/mol. The first-order valence-corrected chi connectivity index (χ1v) is 7.49. The number of rotatable bonds is 5. The molecule has 0 aliphatic heterocycles.